The highest BCUT2D eigenvalue weighted by Crippen LogP contribution is 2.27. The quantitative estimate of drug-likeness (QED) is 0.777. The van der Waals surface area contributed by atoms with Gasteiger partial charge < -0.3 is 15.0 Å². The van der Waals surface area contributed by atoms with E-state index in [1.165, 1.54) is 11.3 Å². The van der Waals surface area contributed by atoms with E-state index in [2.05, 4.69) is 72.0 Å². The van der Waals surface area contributed by atoms with Crippen LogP contribution in [0, 0.1) is 0 Å². The lowest BCUT2D eigenvalue weighted by atomic mass is 10.1. The number of nitrogens with one attached hydrogen (secondary N) is 1. The molecular formula is C16H27BrN2O. The SMILES string of the molecule is CCN(c1cc(Br)ccc1CNC(C)C)C(C)COC. The van der Waals surface area contributed by atoms with E-state index in [0.717, 1.165) is 24.2 Å². The zero-order valence-electron chi connectivity index (χ0n) is 13.2. The Kier molecular flexibility index (Phi) is 7.56. The monoisotopic (exact) mass is 342 g/mol. The minimum atomic E-state index is 0.358. The lowest BCUT2D eigenvalue weighted by Crippen LogP contribution is -2.37. The van der Waals surface area contributed by atoms with E-state index in [-0.39, 0.29) is 0 Å². The van der Waals surface area contributed by atoms with Crippen molar-refractivity contribution >= 4 is 21.6 Å². The molecule has 0 aromatic heterocycles. The van der Waals surface area contributed by atoms with Crippen LogP contribution in [0.1, 0.15) is 33.3 Å². The standard InChI is InChI=1S/C16H27BrN2O/c1-6-19(13(4)11-20-5)16-9-15(17)8-7-14(16)10-18-12(2)3/h7-9,12-13,18H,6,10-11H2,1-5H3. The molecule has 0 aliphatic heterocycles. The highest BCUT2D eigenvalue weighted by molar-refractivity contribution is 9.10. The van der Waals surface area contributed by atoms with Gasteiger partial charge in [-0.15, -0.1) is 0 Å². The van der Waals surface area contributed by atoms with Gasteiger partial charge in [-0.2, -0.15) is 0 Å². The van der Waals surface area contributed by atoms with Crippen LogP contribution in [0.15, 0.2) is 22.7 Å². The lowest BCUT2D eigenvalue weighted by molar-refractivity contribution is 0.182. The van der Waals surface area contributed by atoms with E-state index < -0.39 is 0 Å². The summed E-state index contributed by atoms with van der Waals surface area (Å²) >= 11 is 3.58. The van der Waals surface area contributed by atoms with Crippen molar-refractivity contribution in [2.24, 2.45) is 0 Å². The number of ether oxygens (including phenoxy) is 1. The van der Waals surface area contributed by atoms with Gasteiger partial charge >= 0.3 is 0 Å². The molecule has 3 nitrogen and oxygen atoms in total. The molecule has 0 saturated carbocycles. The first-order chi connectivity index (χ1) is 9.49. The molecule has 1 aromatic rings. The zero-order valence-corrected chi connectivity index (χ0v) is 14.8. The van der Waals surface area contributed by atoms with Crippen LogP contribution in [0.25, 0.3) is 0 Å². The molecule has 1 aromatic carbocycles. The van der Waals surface area contributed by atoms with Crippen LogP contribution in [-0.2, 0) is 11.3 Å². The average Bonchev–Trinajstić information content (AvgIpc) is 2.38. The summed E-state index contributed by atoms with van der Waals surface area (Å²) in [6, 6.07) is 7.34. The molecule has 0 radical (unpaired) electrons. The fourth-order valence-corrected chi connectivity index (χ4v) is 2.67. The van der Waals surface area contributed by atoms with Crippen LogP contribution in [0.2, 0.25) is 0 Å². The minimum Gasteiger partial charge on any atom is -0.383 e. The van der Waals surface area contributed by atoms with Crippen molar-refractivity contribution < 1.29 is 4.74 Å². The summed E-state index contributed by atoms with van der Waals surface area (Å²) in [5.74, 6) is 0. The second-order valence-electron chi connectivity index (χ2n) is 5.40. The van der Waals surface area contributed by atoms with Gasteiger partial charge in [-0.1, -0.05) is 35.8 Å². The first kappa shape index (κ1) is 17.5. The Bertz CT molecular complexity index is 409. The van der Waals surface area contributed by atoms with Crippen molar-refractivity contribution in [2.45, 2.75) is 46.3 Å². The molecule has 0 amide bonds. The van der Waals surface area contributed by atoms with Crippen LogP contribution in [0.4, 0.5) is 5.69 Å². The van der Waals surface area contributed by atoms with E-state index in [4.69, 9.17) is 4.74 Å². The Hall–Kier alpha value is -0.580. The Morgan fingerprint density at radius 2 is 2.00 bits per heavy atom. The minimum absolute atomic E-state index is 0.358. The van der Waals surface area contributed by atoms with Gasteiger partial charge in [-0.05, 0) is 31.5 Å². The highest BCUT2D eigenvalue weighted by atomic mass is 79.9. The molecule has 0 heterocycles. The van der Waals surface area contributed by atoms with Gasteiger partial charge in [0.2, 0.25) is 0 Å². The molecule has 1 rings (SSSR count). The molecule has 0 aliphatic carbocycles. The number of likely N-dealkylation sites (N-methyl/N-ethyl adjacent to an activating group) is 1. The van der Waals surface area contributed by atoms with Crippen molar-refractivity contribution in [1.82, 2.24) is 5.32 Å². The van der Waals surface area contributed by atoms with Gasteiger partial charge in [0, 0.05) is 42.4 Å². The summed E-state index contributed by atoms with van der Waals surface area (Å²) in [5.41, 5.74) is 2.60. The maximum absolute atomic E-state index is 5.31. The molecule has 20 heavy (non-hydrogen) atoms. The highest BCUT2D eigenvalue weighted by Gasteiger charge is 2.16. The number of rotatable bonds is 8. The number of hydrogen-bond donors (Lipinski definition) is 1. The maximum atomic E-state index is 5.31. The topological polar surface area (TPSA) is 24.5 Å². The summed E-state index contributed by atoms with van der Waals surface area (Å²) < 4.78 is 6.42. The first-order valence-electron chi connectivity index (χ1n) is 7.27. The van der Waals surface area contributed by atoms with E-state index >= 15 is 0 Å². The molecule has 1 atom stereocenters. The molecule has 4 heteroatoms. The van der Waals surface area contributed by atoms with Crippen molar-refractivity contribution in [3.05, 3.63) is 28.2 Å². The fourth-order valence-electron chi connectivity index (χ4n) is 2.32. The number of hydrogen-bond acceptors (Lipinski definition) is 3. The summed E-state index contributed by atoms with van der Waals surface area (Å²) in [6.07, 6.45) is 0. The molecule has 0 aliphatic rings. The summed E-state index contributed by atoms with van der Waals surface area (Å²) in [5, 5.41) is 3.50. The van der Waals surface area contributed by atoms with Crippen LogP contribution < -0.4 is 10.2 Å². The van der Waals surface area contributed by atoms with Gasteiger partial charge in [0.15, 0.2) is 0 Å². The molecule has 0 bridgehead atoms. The maximum Gasteiger partial charge on any atom is 0.0663 e. The second kappa shape index (κ2) is 8.65. The fraction of sp³-hybridized carbons (Fsp3) is 0.625. The molecular weight excluding hydrogens is 316 g/mol. The number of anilines is 1. The van der Waals surface area contributed by atoms with Crippen molar-refractivity contribution in [1.29, 1.82) is 0 Å². The van der Waals surface area contributed by atoms with E-state index in [1.54, 1.807) is 7.11 Å². The molecule has 1 N–H and O–H groups in total. The molecule has 0 fully saturated rings. The van der Waals surface area contributed by atoms with Gasteiger partial charge in [-0.3, -0.25) is 0 Å². The van der Waals surface area contributed by atoms with Gasteiger partial charge in [0.25, 0.3) is 0 Å². The van der Waals surface area contributed by atoms with E-state index in [1.807, 2.05) is 0 Å². The Balaban J connectivity index is 3.01. The average molecular weight is 343 g/mol. The normalized spacial score (nSPS) is 12.8. The summed E-state index contributed by atoms with van der Waals surface area (Å²) in [6.45, 7) is 11.3. The lowest BCUT2D eigenvalue weighted by Gasteiger charge is -2.32. The van der Waals surface area contributed by atoms with Crippen LogP contribution in [-0.4, -0.2) is 32.3 Å². The van der Waals surface area contributed by atoms with Gasteiger partial charge in [-0.25, -0.2) is 0 Å². The number of methoxy groups -OCH3 is 1. The third kappa shape index (κ3) is 5.08. The predicted molar refractivity (Wildman–Crippen MR) is 90.5 cm³/mol. The zero-order chi connectivity index (χ0) is 15.1. The van der Waals surface area contributed by atoms with Crippen LogP contribution in [0.5, 0.6) is 0 Å². The smallest absolute Gasteiger partial charge is 0.0663 e. The molecule has 0 saturated heterocycles. The first-order valence-corrected chi connectivity index (χ1v) is 8.06. The van der Waals surface area contributed by atoms with Crippen LogP contribution in [0.3, 0.4) is 0 Å². The van der Waals surface area contributed by atoms with E-state index in [0.29, 0.717) is 12.1 Å². The van der Waals surface area contributed by atoms with Crippen molar-refractivity contribution in [3.63, 3.8) is 0 Å². The largest absolute Gasteiger partial charge is 0.383 e. The summed E-state index contributed by atoms with van der Waals surface area (Å²) in [7, 11) is 1.76. The third-order valence-electron chi connectivity index (χ3n) is 3.34. The van der Waals surface area contributed by atoms with Gasteiger partial charge in [0.1, 0.15) is 0 Å². The molecule has 114 valence electrons. The van der Waals surface area contributed by atoms with E-state index in [9.17, 15) is 0 Å². The summed E-state index contributed by atoms with van der Waals surface area (Å²) in [4.78, 5) is 2.39. The van der Waals surface area contributed by atoms with Crippen LogP contribution >= 0.6 is 15.9 Å². The van der Waals surface area contributed by atoms with Crippen molar-refractivity contribution in [2.75, 3.05) is 25.2 Å². The number of benzene rings is 1. The Labute approximate surface area is 131 Å². The Morgan fingerprint density at radius 1 is 1.30 bits per heavy atom. The Morgan fingerprint density at radius 3 is 2.55 bits per heavy atom. The van der Waals surface area contributed by atoms with Crippen molar-refractivity contribution in [3.8, 4) is 0 Å². The molecule has 1 unspecified atom stereocenters. The number of halogens is 1. The molecule has 0 spiro atoms. The predicted octanol–water partition coefficient (Wildman–Crippen LogP) is 3.81. The third-order valence-corrected chi connectivity index (χ3v) is 3.83. The van der Waals surface area contributed by atoms with Gasteiger partial charge in [0.05, 0.1) is 6.61 Å². The number of nitrogens with zero attached hydrogens (tertiary/aromatic N) is 1. The second-order valence-corrected chi connectivity index (χ2v) is 6.31.